The monoisotopic (exact) mass is 355 g/mol. The van der Waals surface area contributed by atoms with Crippen molar-refractivity contribution in [3.8, 4) is 6.01 Å². The Morgan fingerprint density at radius 2 is 2.21 bits per heavy atom. The van der Waals surface area contributed by atoms with Crippen molar-refractivity contribution in [3.05, 3.63) is 16.9 Å². The van der Waals surface area contributed by atoms with Crippen LogP contribution in [0.15, 0.2) is 6.20 Å². The number of rotatable bonds is 4. The number of halogens is 1. The number of nitrogens with zero attached hydrogens (tertiary/aromatic N) is 3. The van der Waals surface area contributed by atoms with Crippen molar-refractivity contribution in [2.45, 2.75) is 52.6 Å². The summed E-state index contributed by atoms with van der Waals surface area (Å²) in [4.78, 5) is 22.1. The van der Waals surface area contributed by atoms with Gasteiger partial charge in [0.05, 0.1) is 6.61 Å². The fraction of sp³-hybridized carbons (Fsp3) is 0.706. The number of carbonyl (C=O) groups is 1. The topological polar surface area (TPSA) is 64.5 Å². The molecular formula is C17H26ClN3O3. The first-order chi connectivity index (χ1) is 11.2. The molecule has 2 rings (SSSR count). The second-order valence-electron chi connectivity index (χ2n) is 7.20. The summed E-state index contributed by atoms with van der Waals surface area (Å²) < 4.78 is 11.0. The van der Waals surface area contributed by atoms with Crippen molar-refractivity contribution in [3.63, 3.8) is 0 Å². The molecule has 0 aliphatic carbocycles. The van der Waals surface area contributed by atoms with E-state index < -0.39 is 5.60 Å². The first-order valence-electron chi connectivity index (χ1n) is 8.34. The van der Waals surface area contributed by atoms with E-state index in [-0.39, 0.29) is 6.09 Å². The summed E-state index contributed by atoms with van der Waals surface area (Å²) in [6.07, 6.45) is 4.32. The van der Waals surface area contributed by atoms with Gasteiger partial charge in [-0.05, 0) is 52.9 Å². The van der Waals surface area contributed by atoms with Gasteiger partial charge in [-0.25, -0.2) is 9.78 Å². The number of aryl methyl sites for hydroxylation is 1. The Hall–Kier alpha value is -1.56. The Bertz CT molecular complexity index is 575. The Morgan fingerprint density at radius 3 is 2.88 bits per heavy atom. The van der Waals surface area contributed by atoms with E-state index in [1.54, 1.807) is 11.1 Å². The highest BCUT2D eigenvalue weighted by Crippen LogP contribution is 2.22. The minimum absolute atomic E-state index is 0.234. The Labute approximate surface area is 148 Å². The van der Waals surface area contributed by atoms with E-state index in [0.29, 0.717) is 30.2 Å². The van der Waals surface area contributed by atoms with Gasteiger partial charge in [0, 0.05) is 24.8 Å². The molecule has 1 aliphatic heterocycles. The number of carbonyl (C=O) groups excluding carboxylic acids is 1. The lowest BCUT2D eigenvalue weighted by atomic mass is 9.95. The van der Waals surface area contributed by atoms with Crippen LogP contribution in [0.1, 0.15) is 45.6 Å². The summed E-state index contributed by atoms with van der Waals surface area (Å²) in [5.74, 6) is 0.396. The van der Waals surface area contributed by atoms with Crippen LogP contribution in [0.2, 0.25) is 5.15 Å². The van der Waals surface area contributed by atoms with Crippen molar-refractivity contribution in [1.29, 1.82) is 0 Å². The minimum atomic E-state index is -0.463. The van der Waals surface area contributed by atoms with Crippen LogP contribution in [0.3, 0.4) is 0 Å². The number of hydrogen-bond donors (Lipinski definition) is 0. The normalized spacial score (nSPS) is 18.4. The number of amides is 1. The maximum absolute atomic E-state index is 12.2. The second kappa shape index (κ2) is 8.01. The van der Waals surface area contributed by atoms with Crippen molar-refractivity contribution in [2.75, 3.05) is 19.7 Å². The van der Waals surface area contributed by atoms with Gasteiger partial charge in [0.2, 0.25) is 0 Å². The lowest BCUT2D eigenvalue weighted by Gasteiger charge is -2.34. The molecule has 2 heterocycles. The molecule has 1 aromatic rings. The third-order valence-corrected chi connectivity index (χ3v) is 4.20. The largest absolute Gasteiger partial charge is 0.463 e. The van der Waals surface area contributed by atoms with Gasteiger partial charge in [0.1, 0.15) is 10.8 Å². The first-order valence-corrected chi connectivity index (χ1v) is 8.72. The third-order valence-electron chi connectivity index (χ3n) is 3.82. The van der Waals surface area contributed by atoms with Gasteiger partial charge in [0.25, 0.3) is 0 Å². The molecule has 1 aliphatic rings. The average molecular weight is 356 g/mol. The summed E-state index contributed by atoms with van der Waals surface area (Å²) >= 11 is 5.96. The third kappa shape index (κ3) is 5.82. The molecule has 0 unspecified atom stereocenters. The van der Waals surface area contributed by atoms with E-state index in [9.17, 15) is 4.79 Å². The zero-order valence-corrected chi connectivity index (χ0v) is 15.6. The molecule has 0 spiro atoms. The average Bonchev–Trinajstić information content (AvgIpc) is 2.49. The van der Waals surface area contributed by atoms with Crippen LogP contribution in [0.25, 0.3) is 0 Å². The van der Waals surface area contributed by atoms with Crippen molar-refractivity contribution in [1.82, 2.24) is 14.9 Å². The molecule has 1 amide bonds. The van der Waals surface area contributed by atoms with Crippen molar-refractivity contribution < 1.29 is 14.3 Å². The van der Waals surface area contributed by atoms with Crippen molar-refractivity contribution in [2.24, 2.45) is 5.92 Å². The van der Waals surface area contributed by atoms with Crippen LogP contribution in [0.4, 0.5) is 4.79 Å². The molecule has 0 N–H and O–H groups in total. The molecule has 7 heteroatoms. The van der Waals surface area contributed by atoms with Crippen LogP contribution in [-0.2, 0) is 4.74 Å². The first kappa shape index (κ1) is 18.8. The second-order valence-corrected chi connectivity index (χ2v) is 7.56. The predicted molar refractivity (Wildman–Crippen MR) is 92.4 cm³/mol. The highest BCUT2D eigenvalue weighted by Gasteiger charge is 2.27. The van der Waals surface area contributed by atoms with E-state index in [2.05, 4.69) is 9.97 Å². The standard InChI is InChI=1S/C17H26ClN3O3/c1-12-10-19-15(20-14(12)18)23-9-7-13-6-5-8-21(11-13)16(22)24-17(2,3)4/h10,13H,5-9,11H2,1-4H3/t13-/m0/s1. The van der Waals surface area contributed by atoms with Gasteiger partial charge in [-0.1, -0.05) is 11.6 Å². The van der Waals surface area contributed by atoms with E-state index in [4.69, 9.17) is 21.1 Å². The van der Waals surface area contributed by atoms with Gasteiger partial charge in [-0.15, -0.1) is 0 Å². The lowest BCUT2D eigenvalue weighted by Crippen LogP contribution is -2.43. The Kier molecular flexibility index (Phi) is 6.27. The molecule has 0 bridgehead atoms. The molecule has 1 fully saturated rings. The molecule has 1 atom stereocenters. The van der Waals surface area contributed by atoms with Crippen molar-refractivity contribution >= 4 is 17.7 Å². The Morgan fingerprint density at radius 1 is 1.46 bits per heavy atom. The van der Waals surface area contributed by atoms with Crippen LogP contribution >= 0.6 is 11.6 Å². The number of piperidine rings is 1. The number of likely N-dealkylation sites (tertiary alicyclic amines) is 1. The highest BCUT2D eigenvalue weighted by molar-refractivity contribution is 6.30. The summed E-state index contributed by atoms with van der Waals surface area (Å²) in [5.41, 5.74) is 0.360. The lowest BCUT2D eigenvalue weighted by molar-refractivity contribution is 0.0154. The highest BCUT2D eigenvalue weighted by atomic mass is 35.5. The van der Waals surface area contributed by atoms with Crippen LogP contribution in [0.5, 0.6) is 6.01 Å². The van der Waals surface area contributed by atoms with Gasteiger partial charge >= 0.3 is 12.1 Å². The van der Waals surface area contributed by atoms with Gasteiger partial charge in [0.15, 0.2) is 0 Å². The number of hydrogen-bond acceptors (Lipinski definition) is 5. The van der Waals surface area contributed by atoms with Gasteiger partial charge in [-0.3, -0.25) is 0 Å². The predicted octanol–water partition coefficient (Wildman–Crippen LogP) is 3.85. The molecule has 0 saturated carbocycles. The molecule has 0 aromatic carbocycles. The zero-order valence-electron chi connectivity index (χ0n) is 14.8. The summed E-state index contributed by atoms with van der Waals surface area (Å²) in [7, 11) is 0. The summed E-state index contributed by atoms with van der Waals surface area (Å²) in [6, 6.07) is 0.297. The van der Waals surface area contributed by atoms with Gasteiger partial charge < -0.3 is 14.4 Å². The van der Waals surface area contributed by atoms with E-state index in [1.807, 2.05) is 27.7 Å². The summed E-state index contributed by atoms with van der Waals surface area (Å²) in [5, 5.41) is 0.411. The molecule has 134 valence electrons. The number of aromatic nitrogens is 2. The summed E-state index contributed by atoms with van der Waals surface area (Å²) in [6.45, 7) is 9.45. The van der Waals surface area contributed by atoms with Crippen LogP contribution < -0.4 is 4.74 Å². The SMILES string of the molecule is Cc1cnc(OCC[C@@H]2CCCN(C(=O)OC(C)(C)C)C2)nc1Cl. The van der Waals surface area contributed by atoms with Crippen LogP contribution in [-0.4, -0.2) is 46.3 Å². The molecular weight excluding hydrogens is 330 g/mol. The maximum Gasteiger partial charge on any atom is 0.410 e. The molecule has 1 saturated heterocycles. The molecule has 0 radical (unpaired) electrons. The quantitative estimate of drug-likeness (QED) is 0.767. The molecule has 6 nitrogen and oxygen atoms in total. The van der Waals surface area contributed by atoms with E-state index in [0.717, 1.165) is 31.4 Å². The zero-order chi connectivity index (χ0) is 17.7. The van der Waals surface area contributed by atoms with E-state index in [1.165, 1.54) is 0 Å². The maximum atomic E-state index is 12.2. The smallest absolute Gasteiger partial charge is 0.410 e. The minimum Gasteiger partial charge on any atom is -0.463 e. The molecule has 1 aromatic heterocycles. The van der Waals surface area contributed by atoms with Gasteiger partial charge in [-0.2, -0.15) is 4.98 Å². The van der Waals surface area contributed by atoms with E-state index >= 15 is 0 Å². The van der Waals surface area contributed by atoms with Crippen LogP contribution in [0, 0.1) is 12.8 Å². The molecule has 24 heavy (non-hydrogen) atoms. The number of ether oxygens (including phenoxy) is 2. The Balaban J connectivity index is 1.78. The fourth-order valence-electron chi connectivity index (χ4n) is 2.59. The fourth-order valence-corrected chi connectivity index (χ4v) is 2.71.